The van der Waals surface area contributed by atoms with Crippen LogP contribution in [0.5, 0.6) is 5.75 Å². The van der Waals surface area contributed by atoms with Crippen LogP contribution < -0.4 is 9.64 Å². The van der Waals surface area contributed by atoms with Crippen molar-refractivity contribution in [3.05, 3.63) is 90.5 Å². The molecule has 6 heteroatoms. The van der Waals surface area contributed by atoms with Crippen LogP contribution >= 0.6 is 0 Å². The lowest BCUT2D eigenvalue weighted by atomic mass is 10.1. The zero-order chi connectivity index (χ0) is 21.9. The zero-order valence-corrected chi connectivity index (χ0v) is 17.7. The molecule has 0 unspecified atom stereocenters. The van der Waals surface area contributed by atoms with Crippen molar-refractivity contribution in [3.8, 4) is 5.75 Å². The molecule has 3 aromatic carbocycles. The number of nitrogens with zero attached hydrogens (tertiary/aromatic N) is 3. The second kappa shape index (κ2) is 8.83. The number of aryl methyl sites for hydroxylation is 1. The van der Waals surface area contributed by atoms with Crippen molar-refractivity contribution in [2.45, 2.75) is 25.3 Å². The van der Waals surface area contributed by atoms with Crippen LogP contribution in [-0.4, -0.2) is 28.6 Å². The summed E-state index contributed by atoms with van der Waals surface area (Å²) in [5.41, 5.74) is 2.28. The number of anilines is 1. The highest BCUT2D eigenvalue weighted by atomic mass is 19.1. The quantitative estimate of drug-likeness (QED) is 0.381. The highest BCUT2D eigenvalue weighted by Gasteiger charge is 2.35. The molecule has 1 aromatic heterocycles. The Balaban J connectivity index is 1.37. The average Bonchev–Trinajstić information content (AvgIpc) is 3.38. The molecule has 1 saturated heterocycles. The first kappa shape index (κ1) is 20.2. The predicted molar refractivity (Wildman–Crippen MR) is 122 cm³/mol. The average molecular weight is 429 g/mol. The molecule has 0 N–H and O–H groups in total. The molecule has 0 radical (unpaired) electrons. The molecule has 1 atom stereocenters. The van der Waals surface area contributed by atoms with E-state index in [1.54, 1.807) is 23.1 Å². The standard InChI is InChI=1S/C26H24FN3O2/c27-21-11-4-6-13-23(21)30-18-19(17-25(30)31)26-28-22-12-5-7-14-24(22)29(26)15-8-16-32-20-9-2-1-3-10-20/h1-7,9-14,19H,8,15-18H2/t19-/m1/s1. The smallest absolute Gasteiger partial charge is 0.227 e. The SMILES string of the molecule is O=C1C[C@@H](c2nc3ccccc3n2CCCOc2ccccc2)CN1c1ccccc1F. The zero-order valence-electron chi connectivity index (χ0n) is 17.7. The first-order chi connectivity index (χ1) is 15.7. The van der Waals surface area contributed by atoms with Gasteiger partial charge in [0.1, 0.15) is 17.4 Å². The van der Waals surface area contributed by atoms with Gasteiger partial charge in [-0.3, -0.25) is 4.79 Å². The van der Waals surface area contributed by atoms with Gasteiger partial charge in [0.15, 0.2) is 0 Å². The maximum atomic E-state index is 14.3. The Morgan fingerprint density at radius 1 is 0.969 bits per heavy atom. The number of para-hydroxylation sites is 4. The van der Waals surface area contributed by atoms with E-state index in [0.29, 0.717) is 25.3 Å². The number of fused-ring (bicyclic) bond motifs is 1. The summed E-state index contributed by atoms with van der Waals surface area (Å²) >= 11 is 0. The van der Waals surface area contributed by atoms with Crippen LogP contribution in [0.4, 0.5) is 10.1 Å². The first-order valence-electron chi connectivity index (χ1n) is 10.9. The van der Waals surface area contributed by atoms with Gasteiger partial charge in [0.25, 0.3) is 0 Å². The molecule has 5 rings (SSSR count). The highest BCUT2D eigenvalue weighted by molar-refractivity contribution is 5.96. The van der Waals surface area contributed by atoms with Crippen molar-refractivity contribution in [3.63, 3.8) is 0 Å². The van der Waals surface area contributed by atoms with Crippen molar-refractivity contribution in [2.24, 2.45) is 0 Å². The summed E-state index contributed by atoms with van der Waals surface area (Å²) in [6.07, 6.45) is 1.12. The van der Waals surface area contributed by atoms with Gasteiger partial charge >= 0.3 is 0 Å². The summed E-state index contributed by atoms with van der Waals surface area (Å²) in [4.78, 5) is 19.2. The number of halogens is 1. The van der Waals surface area contributed by atoms with Crippen molar-refractivity contribution in [1.82, 2.24) is 9.55 Å². The van der Waals surface area contributed by atoms with Crippen molar-refractivity contribution >= 4 is 22.6 Å². The second-order valence-corrected chi connectivity index (χ2v) is 7.98. The normalized spacial score (nSPS) is 16.1. The first-order valence-corrected chi connectivity index (χ1v) is 10.9. The van der Waals surface area contributed by atoms with E-state index in [1.807, 2.05) is 48.5 Å². The maximum absolute atomic E-state index is 14.3. The Morgan fingerprint density at radius 3 is 2.56 bits per heavy atom. The molecular weight excluding hydrogens is 405 g/mol. The van der Waals surface area contributed by atoms with Crippen LogP contribution in [0.3, 0.4) is 0 Å². The Labute approximate surface area is 186 Å². The number of carbonyl (C=O) groups is 1. The summed E-state index contributed by atoms with van der Waals surface area (Å²) in [5.74, 6) is 1.17. The van der Waals surface area contributed by atoms with Crippen LogP contribution in [0, 0.1) is 5.82 Å². The fourth-order valence-corrected chi connectivity index (χ4v) is 4.35. The molecule has 0 bridgehead atoms. The van der Waals surface area contributed by atoms with Crippen LogP contribution in [0.25, 0.3) is 11.0 Å². The van der Waals surface area contributed by atoms with Crippen molar-refractivity contribution < 1.29 is 13.9 Å². The summed E-state index contributed by atoms with van der Waals surface area (Å²) in [6.45, 7) is 1.73. The van der Waals surface area contributed by atoms with Gasteiger partial charge in [-0.1, -0.05) is 42.5 Å². The van der Waals surface area contributed by atoms with E-state index in [-0.39, 0.29) is 17.6 Å². The van der Waals surface area contributed by atoms with E-state index >= 15 is 0 Å². The van der Waals surface area contributed by atoms with Gasteiger partial charge in [-0.25, -0.2) is 9.37 Å². The summed E-state index contributed by atoms with van der Waals surface area (Å²) in [6, 6.07) is 24.2. The monoisotopic (exact) mass is 429 g/mol. The van der Waals surface area contributed by atoms with E-state index < -0.39 is 0 Å². The lowest BCUT2D eigenvalue weighted by molar-refractivity contribution is -0.117. The van der Waals surface area contributed by atoms with Gasteiger partial charge in [-0.2, -0.15) is 0 Å². The molecule has 32 heavy (non-hydrogen) atoms. The molecule has 2 heterocycles. The molecular formula is C26H24FN3O2. The highest BCUT2D eigenvalue weighted by Crippen LogP contribution is 2.34. The number of rotatable bonds is 7. The fourth-order valence-electron chi connectivity index (χ4n) is 4.35. The molecule has 1 fully saturated rings. The Hall–Kier alpha value is -3.67. The van der Waals surface area contributed by atoms with Gasteiger partial charge in [0.2, 0.25) is 5.91 Å². The number of hydrogen-bond donors (Lipinski definition) is 0. The van der Waals surface area contributed by atoms with Crippen LogP contribution in [-0.2, 0) is 11.3 Å². The summed E-state index contributed by atoms with van der Waals surface area (Å²) in [5, 5.41) is 0. The Bertz CT molecular complexity index is 1240. The molecule has 1 aliphatic rings. The molecule has 5 nitrogen and oxygen atoms in total. The largest absolute Gasteiger partial charge is 0.494 e. The molecule has 1 amide bonds. The molecule has 0 spiro atoms. The third kappa shape index (κ3) is 3.96. The number of aromatic nitrogens is 2. The molecule has 0 aliphatic carbocycles. The van der Waals surface area contributed by atoms with E-state index in [0.717, 1.165) is 35.6 Å². The lowest BCUT2D eigenvalue weighted by Crippen LogP contribution is -2.25. The van der Waals surface area contributed by atoms with E-state index in [2.05, 4.69) is 10.6 Å². The summed E-state index contributed by atoms with van der Waals surface area (Å²) < 4.78 is 22.3. The molecule has 162 valence electrons. The van der Waals surface area contributed by atoms with Crippen LogP contribution in [0.2, 0.25) is 0 Å². The van der Waals surface area contributed by atoms with Crippen molar-refractivity contribution in [1.29, 1.82) is 0 Å². The number of carbonyl (C=O) groups excluding carboxylic acids is 1. The van der Waals surface area contributed by atoms with Crippen LogP contribution in [0.1, 0.15) is 24.6 Å². The third-order valence-corrected chi connectivity index (χ3v) is 5.86. The topological polar surface area (TPSA) is 47.4 Å². The van der Waals surface area contributed by atoms with Gasteiger partial charge in [-0.15, -0.1) is 0 Å². The second-order valence-electron chi connectivity index (χ2n) is 7.98. The van der Waals surface area contributed by atoms with E-state index in [9.17, 15) is 9.18 Å². The Kier molecular flexibility index (Phi) is 5.58. The van der Waals surface area contributed by atoms with Crippen molar-refractivity contribution in [2.75, 3.05) is 18.1 Å². The van der Waals surface area contributed by atoms with Gasteiger partial charge in [0.05, 0.1) is 23.3 Å². The predicted octanol–water partition coefficient (Wildman–Crippen LogP) is 5.17. The minimum absolute atomic E-state index is 0.0777. The van der Waals surface area contributed by atoms with Gasteiger partial charge in [0, 0.05) is 25.4 Å². The fraction of sp³-hybridized carbons (Fsp3) is 0.231. The van der Waals surface area contributed by atoms with E-state index in [4.69, 9.17) is 9.72 Å². The Morgan fingerprint density at radius 2 is 1.72 bits per heavy atom. The third-order valence-electron chi connectivity index (χ3n) is 5.86. The maximum Gasteiger partial charge on any atom is 0.227 e. The number of imidazole rings is 1. The molecule has 4 aromatic rings. The van der Waals surface area contributed by atoms with Crippen LogP contribution in [0.15, 0.2) is 78.9 Å². The minimum Gasteiger partial charge on any atom is -0.494 e. The number of ether oxygens (including phenoxy) is 1. The number of benzene rings is 3. The van der Waals surface area contributed by atoms with Gasteiger partial charge in [-0.05, 0) is 42.8 Å². The molecule has 1 aliphatic heterocycles. The number of amides is 1. The minimum atomic E-state index is -0.381. The lowest BCUT2D eigenvalue weighted by Gasteiger charge is -2.18. The van der Waals surface area contributed by atoms with Gasteiger partial charge < -0.3 is 14.2 Å². The van der Waals surface area contributed by atoms with E-state index in [1.165, 1.54) is 6.07 Å². The summed E-state index contributed by atoms with van der Waals surface area (Å²) in [7, 11) is 0. The molecule has 0 saturated carbocycles. The number of hydrogen-bond acceptors (Lipinski definition) is 3.